The maximum Gasteiger partial charge on any atom is 0.177 e. The van der Waals surface area contributed by atoms with Crippen molar-refractivity contribution in [3.63, 3.8) is 0 Å². The van der Waals surface area contributed by atoms with E-state index in [0.29, 0.717) is 18.3 Å². The number of thiocarbonyl (C=S) groups is 1. The Balaban J connectivity index is 1.55. The van der Waals surface area contributed by atoms with Crippen molar-refractivity contribution in [2.45, 2.75) is 12.8 Å². The molecule has 0 bridgehead atoms. The quantitative estimate of drug-likeness (QED) is 0.810. The van der Waals surface area contributed by atoms with Gasteiger partial charge in [0, 0.05) is 24.0 Å². The van der Waals surface area contributed by atoms with Crippen molar-refractivity contribution in [3.05, 3.63) is 48.0 Å². The highest BCUT2D eigenvalue weighted by Crippen LogP contribution is 2.33. The van der Waals surface area contributed by atoms with Gasteiger partial charge in [0.1, 0.15) is 13.2 Å². The van der Waals surface area contributed by atoms with Crippen LogP contribution in [0.1, 0.15) is 12.0 Å². The lowest BCUT2D eigenvalue weighted by atomic mass is 10.0. The highest BCUT2D eigenvalue weighted by molar-refractivity contribution is 7.80. The minimum atomic E-state index is 0.584. The molecule has 4 rings (SSSR count). The standard InChI is InChI=1S/C18H18N2O2S/c23-18(20-9-3-5-13-4-1-2-6-15(13)20)19-14-7-8-16-17(12-14)22-11-10-21-16/h1-2,4,6-8,12H,3,5,9-11H2,(H,19,23). The van der Waals surface area contributed by atoms with E-state index in [0.717, 1.165) is 36.6 Å². The minimum absolute atomic E-state index is 0.584. The Morgan fingerprint density at radius 3 is 2.78 bits per heavy atom. The number of anilines is 2. The van der Waals surface area contributed by atoms with E-state index in [4.69, 9.17) is 21.7 Å². The molecule has 0 atom stereocenters. The van der Waals surface area contributed by atoms with Gasteiger partial charge in [-0.2, -0.15) is 0 Å². The number of hydrogen-bond donors (Lipinski definition) is 1. The second-order valence-corrected chi connectivity index (χ2v) is 6.06. The van der Waals surface area contributed by atoms with Gasteiger partial charge in [0.15, 0.2) is 16.6 Å². The Morgan fingerprint density at radius 2 is 1.87 bits per heavy atom. The van der Waals surface area contributed by atoms with Crippen LogP contribution in [0.5, 0.6) is 11.5 Å². The predicted molar refractivity (Wildman–Crippen MR) is 95.8 cm³/mol. The van der Waals surface area contributed by atoms with Gasteiger partial charge in [-0.3, -0.25) is 0 Å². The van der Waals surface area contributed by atoms with Crippen LogP contribution in [0.4, 0.5) is 11.4 Å². The van der Waals surface area contributed by atoms with Crippen molar-refractivity contribution >= 4 is 28.7 Å². The molecule has 1 N–H and O–H groups in total. The normalized spacial score (nSPS) is 15.7. The molecule has 0 spiro atoms. The zero-order valence-electron chi connectivity index (χ0n) is 12.7. The first-order valence-electron chi connectivity index (χ1n) is 7.87. The fourth-order valence-electron chi connectivity index (χ4n) is 3.06. The third-order valence-corrected chi connectivity index (χ3v) is 4.47. The molecule has 2 aromatic rings. The van der Waals surface area contributed by atoms with Gasteiger partial charge in [-0.25, -0.2) is 0 Å². The molecule has 0 saturated carbocycles. The molecule has 0 fully saturated rings. The molecule has 2 aliphatic rings. The first kappa shape index (κ1) is 14.3. The van der Waals surface area contributed by atoms with Crippen LogP contribution >= 0.6 is 12.2 Å². The maximum atomic E-state index is 5.63. The van der Waals surface area contributed by atoms with Crippen LogP contribution in [0.15, 0.2) is 42.5 Å². The zero-order chi connectivity index (χ0) is 15.6. The molecular formula is C18H18N2O2S. The summed E-state index contributed by atoms with van der Waals surface area (Å²) in [4.78, 5) is 2.17. The van der Waals surface area contributed by atoms with Crippen molar-refractivity contribution < 1.29 is 9.47 Å². The highest BCUT2D eigenvalue weighted by atomic mass is 32.1. The summed E-state index contributed by atoms with van der Waals surface area (Å²) in [5.41, 5.74) is 3.47. The number of aryl methyl sites for hydroxylation is 1. The third-order valence-electron chi connectivity index (χ3n) is 4.15. The molecule has 118 valence electrons. The van der Waals surface area contributed by atoms with Crippen molar-refractivity contribution in [3.8, 4) is 11.5 Å². The molecule has 0 aromatic heterocycles. The number of rotatable bonds is 1. The summed E-state index contributed by atoms with van der Waals surface area (Å²) in [5, 5.41) is 4.04. The highest BCUT2D eigenvalue weighted by Gasteiger charge is 2.20. The van der Waals surface area contributed by atoms with Crippen LogP contribution in [0.2, 0.25) is 0 Å². The molecule has 4 nitrogen and oxygen atoms in total. The Bertz CT molecular complexity index is 748. The van der Waals surface area contributed by atoms with E-state index in [1.165, 1.54) is 11.3 Å². The second kappa shape index (κ2) is 6.08. The Kier molecular flexibility index (Phi) is 3.79. The van der Waals surface area contributed by atoms with Crippen LogP contribution in [0.25, 0.3) is 0 Å². The predicted octanol–water partition coefficient (Wildman–Crippen LogP) is 3.61. The number of ether oxygens (including phenoxy) is 2. The average molecular weight is 326 g/mol. The summed E-state index contributed by atoms with van der Waals surface area (Å²) in [7, 11) is 0. The first-order valence-corrected chi connectivity index (χ1v) is 8.28. The third kappa shape index (κ3) is 2.84. The molecule has 0 radical (unpaired) electrons. The fraction of sp³-hybridized carbons (Fsp3) is 0.278. The van der Waals surface area contributed by atoms with Gasteiger partial charge in [-0.05, 0) is 48.8 Å². The smallest absolute Gasteiger partial charge is 0.177 e. The summed E-state index contributed by atoms with van der Waals surface area (Å²) < 4.78 is 11.2. The maximum absolute atomic E-state index is 5.63. The molecule has 0 amide bonds. The lowest BCUT2D eigenvalue weighted by molar-refractivity contribution is 0.171. The van der Waals surface area contributed by atoms with Gasteiger partial charge in [-0.15, -0.1) is 0 Å². The monoisotopic (exact) mass is 326 g/mol. The average Bonchev–Trinajstić information content (AvgIpc) is 2.61. The van der Waals surface area contributed by atoms with Crippen LogP contribution < -0.4 is 19.7 Å². The molecule has 2 aromatic carbocycles. The number of hydrogen-bond acceptors (Lipinski definition) is 3. The second-order valence-electron chi connectivity index (χ2n) is 5.67. The van der Waals surface area contributed by atoms with Crippen molar-refractivity contribution in [1.82, 2.24) is 0 Å². The lowest BCUT2D eigenvalue weighted by Crippen LogP contribution is -2.38. The Hall–Kier alpha value is -2.27. The van der Waals surface area contributed by atoms with Gasteiger partial charge >= 0.3 is 0 Å². The zero-order valence-corrected chi connectivity index (χ0v) is 13.6. The molecule has 23 heavy (non-hydrogen) atoms. The Labute approximate surface area is 141 Å². The van der Waals surface area contributed by atoms with Gasteiger partial charge in [0.2, 0.25) is 0 Å². The number of nitrogens with zero attached hydrogens (tertiary/aromatic N) is 1. The topological polar surface area (TPSA) is 33.7 Å². The molecule has 5 heteroatoms. The van der Waals surface area contributed by atoms with Crippen molar-refractivity contribution in [2.75, 3.05) is 30.0 Å². The molecule has 0 aliphatic carbocycles. The first-order chi connectivity index (χ1) is 11.3. The number of benzene rings is 2. The summed E-state index contributed by atoms with van der Waals surface area (Å²) in [6, 6.07) is 14.3. The molecule has 0 saturated heterocycles. The summed E-state index contributed by atoms with van der Waals surface area (Å²) >= 11 is 5.63. The van der Waals surface area contributed by atoms with E-state index < -0.39 is 0 Å². The fourth-order valence-corrected chi connectivity index (χ4v) is 3.36. The summed E-state index contributed by atoms with van der Waals surface area (Å²) in [6.45, 7) is 2.12. The van der Waals surface area contributed by atoms with Crippen LogP contribution in [0.3, 0.4) is 0 Å². The number of para-hydroxylation sites is 1. The molecule has 2 heterocycles. The van der Waals surface area contributed by atoms with Crippen LogP contribution in [-0.4, -0.2) is 24.9 Å². The van der Waals surface area contributed by atoms with Gasteiger partial charge in [0.25, 0.3) is 0 Å². The van der Waals surface area contributed by atoms with E-state index >= 15 is 0 Å². The minimum Gasteiger partial charge on any atom is -0.486 e. The summed E-state index contributed by atoms with van der Waals surface area (Å²) in [6.07, 6.45) is 2.22. The van der Waals surface area contributed by atoms with Gasteiger partial charge < -0.3 is 19.7 Å². The Morgan fingerprint density at radius 1 is 1.04 bits per heavy atom. The summed E-state index contributed by atoms with van der Waals surface area (Å²) in [5.74, 6) is 1.55. The van der Waals surface area contributed by atoms with Crippen molar-refractivity contribution in [2.24, 2.45) is 0 Å². The largest absolute Gasteiger partial charge is 0.486 e. The molecule has 2 aliphatic heterocycles. The van der Waals surface area contributed by atoms with E-state index in [1.54, 1.807) is 0 Å². The number of nitrogens with one attached hydrogen (secondary N) is 1. The van der Waals surface area contributed by atoms with E-state index in [-0.39, 0.29) is 0 Å². The van der Waals surface area contributed by atoms with Crippen LogP contribution in [-0.2, 0) is 6.42 Å². The van der Waals surface area contributed by atoms with Gasteiger partial charge in [0.05, 0.1) is 0 Å². The number of fused-ring (bicyclic) bond motifs is 2. The SMILES string of the molecule is S=C(Nc1ccc2c(c1)OCCO2)N1CCCc2ccccc21. The molecule has 0 unspecified atom stereocenters. The van der Waals surface area contributed by atoms with Gasteiger partial charge in [-0.1, -0.05) is 18.2 Å². The lowest BCUT2D eigenvalue weighted by Gasteiger charge is -2.31. The van der Waals surface area contributed by atoms with E-state index in [2.05, 4.69) is 34.5 Å². The van der Waals surface area contributed by atoms with Crippen LogP contribution in [0, 0.1) is 0 Å². The van der Waals surface area contributed by atoms with E-state index in [9.17, 15) is 0 Å². The van der Waals surface area contributed by atoms with E-state index in [1.807, 2.05) is 18.2 Å². The van der Waals surface area contributed by atoms with Crippen molar-refractivity contribution in [1.29, 1.82) is 0 Å². The molecular weight excluding hydrogens is 308 g/mol.